The average molecular weight is 189 g/mol. The SMILES string of the molecule is COC(=O)C(C)NCC(O)C(C)C. The Bertz CT molecular complexity index is 159. The van der Waals surface area contributed by atoms with Crippen molar-refractivity contribution in [2.45, 2.75) is 32.9 Å². The summed E-state index contributed by atoms with van der Waals surface area (Å²) in [5.41, 5.74) is 0. The molecule has 0 aliphatic rings. The number of hydrogen-bond acceptors (Lipinski definition) is 4. The molecule has 2 N–H and O–H groups in total. The van der Waals surface area contributed by atoms with Crippen LogP contribution >= 0.6 is 0 Å². The summed E-state index contributed by atoms with van der Waals surface area (Å²) in [6, 6.07) is -0.363. The topological polar surface area (TPSA) is 58.6 Å². The summed E-state index contributed by atoms with van der Waals surface area (Å²) < 4.78 is 4.52. The second-order valence-electron chi connectivity index (χ2n) is 3.46. The zero-order valence-electron chi connectivity index (χ0n) is 8.70. The van der Waals surface area contributed by atoms with Crippen molar-refractivity contribution in [3.05, 3.63) is 0 Å². The standard InChI is InChI=1S/C9H19NO3/c1-6(2)8(11)5-10-7(3)9(12)13-4/h6-8,10-11H,5H2,1-4H3. The number of ether oxygens (including phenoxy) is 1. The van der Waals surface area contributed by atoms with Gasteiger partial charge in [0, 0.05) is 6.54 Å². The van der Waals surface area contributed by atoms with Crippen LogP contribution in [0.15, 0.2) is 0 Å². The van der Waals surface area contributed by atoms with Crippen LogP contribution in [0.2, 0.25) is 0 Å². The highest BCUT2D eigenvalue weighted by molar-refractivity contribution is 5.75. The Hall–Kier alpha value is -0.610. The molecule has 0 rings (SSSR count). The minimum atomic E-state index is -0.424. The van der Waals surface area contributed by atoms with Crippen molar-refractivity contribution in [3.8, 4) is 0 Å². The lowest BCUT2D eigenvalue weighted by atomic mass is 10.1. The van der Waals surface area contributed by atoms with Crippen molar-refractivity contribution >= 4 is 5.97 Å². The molecule has 2 unspecified atom stereocenters. The molecule has 0 aromatic heterocycles. The average Bonchev–Trinajstić information content (AvgIpc) is 2.11. The van der Waals surface area contributed by atoms with Crippen LogP contribution in [0.5, 0.6) is 0 Å². The maximum absolute atomic E-state index is 10.9. The Labute approximate surface area is 79.3 Å². The molecule has 0 aliphatic carbocycles. The molecule has 4 heteroatoms. The smallest absolute Gasteiger partial charge is 0.322 e. The first-order valence-electron chi connectivity index (χ1n) is 4.48. The van der Waals surface area contributed by atoms with E-state index >= 15 is 0 Å². The third-order valence-electron chi connectivity index (χ3n) is 1.96. The monoisotopic (exact) mass is 189 g/mol. The molecule has 0 bridgehead atoms. The van der Waals surface area contributed by atoms with Gasteiger partial charge in [-0.1, -0.05) is 13.8 Å². The van der Waals surface area contributed by atoms with Crippen molar-refractivity contribution in [3.63, 3.8) is 0 Å². The fourth-order valence-corrected chi connectivity index (χ4v) is 0.793. The van der Waals surface area contributed by atoms with Gasteiger partial charge in [0.25, 0.3) is 0 Å². The van der Waals surface area contributed by atoms with Crippen LogP contribution in [0.3, 0.4) is 0 Å². The summed E-state index contributed by atoms with van der Waals surface area (Å²) in [6.07, 6.45) is -0.424. The van der Waals surface area contributed by atoms with Gasteiger partial charge in [0.15, 0.2) is 0 Å². The van der Waals surface area contributed by atoms with Gasteiger partial charge in [0.2, 0.25) is 0 Å². The molecule has 0 heterocycles. The van der Waals surface area contributed by atoms with Gasteiger partial charge in [-0.15, -0.1) is 0 Å². The fraction of sp³-hybridized carbons (Fsp3) is 0.889. The minimum absolute atomic E-state index is 0.192. The summed E-state index contributed by atoms with van der Waals surface area (Å²) in [5, 5.41) is 12.3. The van der Waals surface area contributed by atoms with Gasteiger partial charge in [-0.2, -0.15) is 0 Å². The maximum atomic E-state index is 10.9. The zero-order valence-corrected chi connectivity index (χ0v) is 8.70. The van der Waals surface area contributed by atoms with Crippen molar-refractivity contribution in [1.29, 1.82) is 0 Å². The summed E-state index contributed by atoms with van der Waals surface area (Å²) in [4.78, 5) is 10.9. The molecule has 0 aromatic rings. The van der Waals surface area contributed by atoms with E-state index in [1.54, 1.807) is 6.92 Å². The van der Waals surface area contributed by atoms with Crippen LogP contribution in [0.4, 0.5) is 0 Å². The normalized spacial score (nSPS) is 15.5. The van der Waals surface area contributed by atoms with E-state index in [0.29, 0.717) is 6.54 Å². The second kappa shape index (κ2) is 5.94. The van der Waals surface area contributed by atoms with E-state index < -0.39 is 6.10 Å². The third kappa shape index (κ3) is 4.85. The van der Waals surface area contributed by atoms with Crippen molar-refractivity contribution < 1.29 is 14.6 Å². The maximum Gasteiger partial charge on any atom is 0.322 e. The lowest BCUT2D eigenvalue weighted by Crippen LogP contribution is -2.40. The summed E-state index contributed by atoms with van der Waals surface area (Å²) in [7, 11) is 1.35. The molecular weight excluding hydrogens is 170 g/mol. The van der Waals surface area contributed by atoms with Crippen molar-refractivity contribution in [2.24, 2.45) is 5.92 Å². The van der Waals surface area contributed by atoms with Gasteiger partial charge in [0.05, 0.1) is 13.2 Å². The van der Waals surface area contributed by atoms with E-state index in [2.05, 4.69) is 10.1 Å². The number of carbonyl (C=O) groups is 1. The first-order chi connectivity index (χ1) is 5.99. The lowest BCUT2D eigenvalue weighted by Gasteiger charge is -2.17. The van der Waals surface area contributed by atoms with Gasteiger partial charge in [0.1, 0.15) is 6.04 Å². The molecule has 78 valence electrons. The van der Waals surface area contributed by atoms with E-state index in [4.69, 9.17) is 0 Å². The Morgan fingerprint density at radius 2 is 2.00 bits per heavy atom. The number of esters is 1. The Kier molecular flexibility index (Phi) is 5.66. The van der Waals surface area contributed by atoms with Crippen LogP contribution in [-0.2, 0) is 9.53 Å². The Morgan fingerprint density at radius 1 is 1.46 bits per heavy atom. The van der Waals surface area contributed by atoms with Gasteiger partial charge in [-0.25, -0.2) is 0 Å². The molecule has 0 aromatic carbocycles. The van der Waals surface area contributed by atoms with Gasteiger partial charge < -0.3 is 15.2 Å². The first-order valence-corrected chi connectivity index (χ1v) is 4.48. The Morgan fingerprint density at radius 3 is 2.38 bits per heavy atom. The third-order valence-corrected chi connectivity index (χ3v) is 1.96. The quantitative estimate of drug-likeness (QED) is 0.605. The summed E-state index contributed by atoms with van der Waals surface area (Å²) >= 11 is 0. The summed E-state index contributed by atoms with van der Waals surface area (Å²) in [6.45, 7) is 5.97. The number of aliphatic hydroxyl groups excluding tert-OH is 1. The largest absolute Gasteiger partial charge is 0.468 e. The highest BCUT2D eigenvalue weighted by Crippen LogP contribution is 1.99. The predicted molar refractivity (Wildman–Crippen MR) is 50.3 cm³/mol. The zero-order chi connectivity index (χ0) is 10.4. The molecule has 0 spiro atoms. The summed E-state index contributed by atoms with van der Waals surface area (Å²) in [5.74, 6) is -0.117. The molecule has 0 aliphatic heterocycles. The number of nitrogens with one attached hydrogen (secondary N) is 1. The molecule has 0 saturated heterocycles. The Balaban J connectivity index is 3.69. The van der Waals surface area contributed by atoms with Gasteiger partial charge in [-0.05, 0) is 12.8 Å². The molecule has 2 atom stereocenters. The molecule has 0 radical (unpaired) electrons. The molecule has 0 fully saturated rings. The van der Waals surface area contributed by atoms with E-state index in [1.807, 2.05) is 13.8 Å². The van der Waals surface area contributed by atoms with Crippen LogP contribution in [0.25, 0.3) is 0 Å². The van der Waals surface area contributed by atoms with Crippen LogP contribution < -0.4 is 5.32 Å². The number of methoxy groups -OCH3 is 1. The van der Waals surface area contributed by atoms with Gasteiger partial charge >= 0.3 is 5.97 Å². The van der Waals surface area contributed by atoms with Gasteiger partial charge in [-0.3, -0.25) is 4.79 Å². The van der Waals surface area contributed by atoms with Crippen LogP contribution in [0, 0.1) is 5.92 Å². The van der Waals surface area contributed by atoms with Crippen molar-refractivity contribution in [2.75, 3.05) is 13.7 Å². The molecule has 0 amide bonds. The molecule has 4 nitrogen and oxygen atoms in total. The number of rotatable bonds is 5. The van der Waals surface area contributed by atoms with E-state index in [-0.39, 0.29) is 17.9 Å². The van der Waals surface area contributed by atoms with E-state index in [9.17, 15) is 9.90 Å². The van der Waals surface area contributed by atoms with Crippen molar-refractivity contribution in [1.82, 2.24) is 5.32 Å². The number of hydrogen-bond donors (Lipinski definition) is 2. The van der Waals surface area contributed by atoms with Crippen LogP contribution in [-0.4, -0.2) is 36.9 Å². The molecular formula is C9H19NO3. The number of aliphatic hydroxyl groups is 1. The lowest BCUT2D eigenvalue weighted by molar-refractivity contribution is -0.142. The highest BCUT2D eigenvalue weighted by Gasteiger charge is 2.15. The van der Waals surface area contributed by atoms with E-state index in [1.165, 1.54) is 7.11 Å². The van der Waals surface area contributed by atoms with Crippen LogP contribution in [0.1, 0.15) is 20.8 Å². The molecule has 0 saturated carbocycles. The molecule has 13 heavy (non-hydrogen) atoms. The fourth-order valence-electron chi connectivity index (χ4n) is 0.793. The minimum Gasteiger partial charge on any atom is -0.468 e. The number of carbonyl (C=O) groups excluding carboxylic acids is 1. The highest BCUT2D eigenvalue weighted by atomic mass is 16.5. The predicted octanol–water partition coefficient (Wildman–Crippen LogP) is 0.154. The first kappa shape index (κ1) is 12.4. The second-order valence-corrected chi connectivity index (χ2v) is 3.46. The van der Waals surface area contributed by atoms with E-state index in [0.717, 1.165) is 0 Å².